The molecule has 0 atom stereocenters. The quantitative estimate of drug-likeness (QED) is 0.668. The SMILES string of the molecule is CN(Cc1ccc(O)c(N)c1)Cc1cc(Br)cs1. The molecule has 0 saturated carbocycles. The second kappa shape index (κ2) is 5.73. The number of benzene rings is 1. The van der Waals surface area contributed by atoms with Crippen LogP contribution in [0, 0.1) is 0 Å². The van der Waals surface area contributed by atoms with E-state index < -0.39 is 0 Å². The second-order valence-electron chi connectivity index (χ2n) is 4.30. The maximum atomic E-state index is 9.37. The lowest BCUT2D eigenvalue weighted by atomic mass is 10.2. The summed E-state index contributed by atoms with van der Waals surface area (Å²) in [4.78, 5) is 3.53. The molecule has 0 unspecified atom stereocenters. The molecular formula is C13H15BrN2OS. The number of rotatable bonds is 4. The lowest BCUT2D eigenvalue weighted by Gasteiger charge is -2.16. The van der Waals surface area contributed by atoms with E-state index >= 15 is 0 Å². The lowest BCUT2D eigenvalue weighted by molar-refractivity contribution is 0.322. The summed E-state index contributed by atoms with van der Waals surface area (Å²) in [7, 11) is 2.07. The van der Waals surface area contributed by atoms with Gasteiger partial charge in [-0.25, -0.2) is 0 Å². The van der Waals surface area contributed by atoms with Crippen LogP contribution in [0.4, 0.5) is 5.69 Å². The Balaban J connectivity index is 1.98. The van der Waals surface area contributed by atoms with Gasteiger partial charge in [-0.2, -0.15) is 0 Å². The van der Waals surface area contributed by atoms with Crippen LogP contribution < -0.4 is 5.73 Å². The van der Waals surface area contributed by atoms with Crippen molar-refractivity contribution in [1.82, 2.24) is 4.90 Å². The van der Waals surface area contributed by atoms with Gasteiger partial charge in [0.15, 0.2) is 0 Å². The van der Waals surface area contributed by atoms with Crippen LogP contribution in [-0.4, -0.2) is 17.1 Å². The smallest absolute Gasteiger partial charge is 0.138 e. The van der Waals surface area contributed by atoms with E-state index in [0.717, 1.165) is 23.1 Å². The van der Waals surface area contributed by atoms with E-state index in [9.17, 15) is 5.11 Å². The normalized spacial score (nSPS) is 11.1. The average molecular weight is 327 g/mol. The molecule has 0 aliphatic heterocycles. The van der Waals surface area contributed by atoms with E-state index in [2.05, 4.69) is 39.3 Å². The molecule has 2 aromatic rings. The summed E-state index contributed by atoms with van der Waals surface area (Å²) < 4.78 is 1.13. The van der Waals surface area contributed by atoms with Gasteiger partial charge in [0.1, 0.15) is 5.75 Å². The van der Waals surface area contributed by atoms with E-state index in [4.69, 9.17) is 5.73 Å². The second-order valence-corrected chi connectivity index (χ2v) is 6.21. The fourth-order valence-corrected chi connectivity index (χ4v) is 3.30. The Morgan fingerprint density at radius 1 is 1.33 bits per heavy atom. The third-order valence-corrected chi connectivity index (χ3v) is 4.27. The number of phenolic OH excluding ortho intramolecular Hbond substituents is 1. The highest BCUT2D eigenvalue weighted by atomic mass is 79.9. The number of hydrogen-bond acceptors (Lipinski definition) is 4. The highest BCUT2D eigenvalue weighted by molar-refractivity contribution is 9.10. The number of nitrogens with zero attached hydrogens (tertiary/aromatic N) is 1. The van der Waals surface area contributed by atoms with Crippen LogP contribution >= 0.6 is 27.3 Å². The predicted molar refractivity (Wildman–Crippen MR) is 79.7 cm³/mol. The molecule has 18 heavy (non-hydrogen) atoms. The molecule has 0 amide bonds. The van der Waals surface area contributed by atoms with Crippen molar-refractivity contribution < 1.29 is 5.11 Å². The molecule has 0 fully saturated rings. The van der Waals surface area contributed by atoms with E-state index in [1.54, 1.807) is 17.4 Å². The first-order valence-electron chi connectivity index (χ1n) is 5.53. The monoisotopic (exact) mass is 326 g/mol. The van der Waals surface area contributed by atoms with Crippen LogP contribution in [-0.2, 0) is 13.1 Å². The Bertz CT molecular complexity index is 542. The lowest BCUT2D eigenvalue weighted by Crippen LogP contribution is -2.16. The van der Waals surface area contributed by atoms with Crippen molar-refractivity contribution in [3.63, 3.8) is 0 Å². The highest BCUT2D eigenvalue weighted by Crippen LogP contribution is 2.23. The molecule has 96 valence electrons. The van der Waals surface area contributed by atoms with Gasteiger partial charge in [0.2, 0.25) is 0 Å². The number of anilines is 1. The number of thiophene rings is 1. The van der Waals surface area contributed by atoms with Crippen molar-refractivity contribution in [2.45, 2.75) is 13.1 Å². The first-order chi connectivity index (χ1) is 8.54. The summed E-state index contributed by atoms with van der Waals surface area (Å²) >= 11 is 5.19. The number of hydrogen-bond donors (Lipinski definition) is 2. The van der Waals surface area contributed by atoms with Gasteiger partial charge in [-0.3, -0.25) is 4.90 Å². The van der Waals surface area contributed by atoms with Gasteiger partial charge in [0.25, 0.3) is 0 Å². The molecule has 0 spiro atoms. The van der Waals surface area contributed by atoms with Crippen LogP contribution in [0.25, 0.3) is 0 Å². The Labute approximate surface area is 119 Å². The fraction of sp³-hybridized carbons (Fsp3) is 0.231. The molecule has 3 nitrogen and oxygen atoms in total. The molecule has 0 aliphatic rings. The van der Waals surface area contributed by atoms with Crippen LogP contribution in [0.15, 0.2) is 34.1 Å². The number of phenols is 1. The van der Waals surface area contributed by atoms with Crippen LogP contribution in [0.2, 0.25) is 0 Å². The molecule has 0 aliphatic carbocycles. The van der Waals surface area contributed by atoms with Gasteiger partial charge >= 0.3 is 0 Å². The Hall–Kier alpha value is -1.04. The number of halogens is 1. The number of nitrogen functional groups attached to an aromatic ring is 1. The van der Waals surface area contributed by atoms with Gasteiger partial charge in [0.05, 0.1) is 5.69 Å². The summed E-state index contributed by atoms with van der Waals surface area (Å²) in [5.74, 6) is 0.142. The van der Waals surface area contributed by atoms with Crippen molar-refractivity contribution in [1.29, 1.82) is 0 Å². The van der Waals surface area contributed by atoms with Crippen LogP contribution in [0.1, 0.15) is 10.4 Å². The molecule has 1 aromatic heterocycles. The van der Waals surface area contributed by atoms with Crippen molar-refractivity contribution in [3.05, 3.63) is 44.6 Å². The zero-order valence-corrected chi connectivity index (χ0v) is 12.5. The first kappa shape index (κ1) is 13.4. The van der Waals surface area contributed by atoms with Crippen LogP contribution in [0.3, 0.4) is 0 Å². The Morgan fingerprint density at radius 3 is 2.72 bits per heavy atom. The van der Waals surface area contributed by atoms with Crippen molar-refractivity contribution in [3.8, 4) is 5.75 Å². The third kappa shape index (κ3) is 3.48. The average Bonchev–Trinajstić information content (AvgIpc) is 2.69. The molecule has 5 heteroatoms. The summed E-state index contributed by atoms with van der Waals surface area (Å²) in [5.41, 5.74) is 7.21. The van der Waals surface area contributed by atoms with E-state index in [1.807, 2.05) is 12.1 Å². The minimum Gasteiger partial charge on any atom is -0.506 e. The molecule has 0 radical (unpaired) electrons. The van der Waals surface area contributed by atoms with E-state index in [1.165, 1.54) is 4.88 Å². The maximum Gasteiger partial charge on any atom is 0.138 e. The molecule has 1 heterocycles. The number of nitrogens with two attached hydrogens (primary N) is 1. The standard InChI is InChI=1S/C13H15BrN2OS/c1-16(7-11-5-10(14)8-18-11)6-9-2-3-13(17)12(15)4-9/h2-5,8,17H,6-7,15H2,1H3. The number of aromatic hydroxyl groups is 1. The van der Waals surface area contributed by atoms with Crippen molar-refractivity contribution in [2.75, 3.05) is 12.8 Å². The minimum absolute atomic E-state index is 0.142. The molecule has 0 saturated heterocycles. The summed E-state index contributed by atoms with van der Waals surface area (Å²) in [6.07, 6.45) is 0. The first-order valence-corrected chi connectivity index (χ1v) is 7.20. The summed E-state index contributed by atoms with van der Waals surface area (Å²) in [6.45, 7) is 1.71. The summed E-state index contributed by atoms with van der Waals surface area (Å²) in [6, 6.07) is 7.48. The van der Waals surface area contributed by atoms with E-state index in [0.29, 0.717) is 5.69 Å². The van der Waals surface area contributed by atoms with Gasteiger partial charge in [-0.15, -0.1) is 11.3 Å². The Morgan fingerprint density at radius 2 is 2.11 bits per heavy atom. The third-order valence-electron chi connectivity index (χ3n) is 2.59. The molecule has 3 N–H and O–H groups in total. The topological polar surface area (TPSA) is 49.5 Å². The highest BCUT2D eigenvalue weighted by Gasteiger charge is 2.05. The van der Waals surface area contributed by atoms with Crippen molar-refractivity contribution in [2.24, 2.45) is 0 Å². The maximum absolute atomic E-state index is 9.37. The molecule has 1 aromatic carbocycles. The van der Waals surface area contributed by atoms with Gasteiger partial charge in [-0.05, 0) is 46.7 Å². The van der Waals surface area contributed by atoms with Gasteiger partial charge in [0, 0.05) is 27.8 Å². The zero-order chi connectivity index (χ0) is 13.1. The van der Waals surface area contributed by atoms with E-state index in [-0.39, 0.29) is 5.75 Å². The fourth-order valence-electron chi connectivity index (χ4n) is 1.77. The summed E-state index contributed by atoms with van der Waals surface area (Å²) in [5, 5.41) is 11.5. The molecule has 2 rings (SSSR count). The predicted octanol–water partition coefficient (Wildman–Crippen LogP) is 3.43. The molecular weight excluding hydrogens is 312 g/mol. The van der Waals surface area contributed by atoms with Gasteiger partial charge < -0.3 is 10.8 Å². The minimum atomic E-state index is 0.142. The largest absolute Gasteiger partial charge is 0.506 e. The van der Waals surface area contributed by atoms with Crippen LogP contribution in [0.5, 0.6) is 5.75 Å². The van der Waals surface area contributed by atoms with Gasteiger partial charge in [-0.1, -0.05) is 6.07 Å². The zero-order valence-electron chi connectivity index (χ0n) is 10.1. The molecule has 0 bridgehead atoms. The Kier molecular flexibility index (Phi) is 4.27. The van der Waals surface area contributed by atoms with Crippen molar-refractivity contribution >= 4 is 33.0 Å².